The SMILES string of the molecule is CCC.C[NH3+].[Cl-]. The highest BCUT2D eigenvalue weighted by molar-refractivity contribution is 3.92. The Morgan fingerprint density at radius 3 is 1.17 bits per heavy atom. The second-order valence-corrected chi connectivity index (χ2v) is 0.707. The topological polar surface area (TPSA) is 27.6 Å². The number of rotatable bonds is 0. The van der Waals surface area contributed by atoms with Gasteiger partial charge in [-0.25, -0.2) is 0 Å². The van der Waals surface area contributed by atoms with Crippen molar-refractivity contribution in [3.8, 4) is 0 Å². The van der Waals surface area contributed by atoms with Gasteiger partial charge in [-0.3, -0.25) is 0 Å². The zero-order valence-electron chi connectivity index (χ0n) is 4.79. The molecule has 0 saturated carbocycles. The van der Waals surface area contributed by atoms with Crippen molar-refractivity contribution in [3.63, 3.8) is 0 Å². The molecule has 0 aromatic rings. The van der Waals surface area contributed by atoms with E-state index in [1.54, 1.807) is 7.05 Å². The summed E-state index contributed by atoms with van der Waals surface area (Å²) in [6, 6.07) is 0. The highest BCUT2D eigenvalue weighted by atomic mass is 35.5. The zero-order valence-corrected chi connectivity index (χ0v) is 5.55. The van der Waals surface area contributed by atoms with E-state index in [2.05, 4.69) is 19.6 Å². The van der Waals surface area contributed by atoms with Crippen LogP contribution in [0.25, 0.3) is 0 Å². The third kappa shape index (κ3) is 718. The van der Waals surface area contributed by atoms with Crippen LogP contribution in [-0.2, 0) is 0 Å². The first-order chi connectivity index (χ1) is 2.41. The average Bonchev–Trinajstić information content (AvgIpc) is 1.46. The molecule has 0 atom stereocenters. The molecule has 6 heavy (non-hydrogen) atoms. The minimum atomic E-state index is 0. The van der Waals surface area contributed by atoms with E-state index in [1.807, 2.05) is 0 Å². The van der Waals surface area contributed by atoms with Crippen LogP contribution in [0, 0.1) is 0 Å². The molecule has 0 rings (SSSR count). The Balaban J connectivity index is -0.0000000275. The van der Waals surface area contributed by atoms with Gasteiger partial charge in [0, 0.05) is 0 Å². The first-order valence-corrected chi connectivity index (χ1v) is 2.12. The van der Waals surface area contributed by atoms with Crippen LogP contribution in [0.3, 0.4) is 0 Å². The summed E-state index contributed by atoms with van der Waals surface area (Å²) in [5.41, 5.74) is 3.25. The van der Waals surface area contributed by atoms with Gasteiger partial charge in [0.2, 0.25) is 0 Å². The van der Waals surface area contributed by atoms with Gasteiger partial charge in [-0.1, -0.05) is 20.3 Å². The van der Waals surface area contributed by atoms with Gasteiger partial charge < -0.3 is 18.1 Å². The third-order valence-corrected chi connectivity index (χ3v) is 0. The molecule has 0 amide bonds. The largest absolute Gasteiger partial charge is 1.00 e. The van der Waals surface area contributed by atoms with E-state index in [-0.39, 0.29) is 12.4 Å². The maximum atomic E-state index is 3.25. The summed E-state index contributed by atoms with van der Waals surface area (Å²) in [5.74, 6) is 0. The lowest BCUT2D eigenvalue weighted by Gasteiger charge is -1.48. The smallest absolute Gasteiger partial charge is 0.0634 e. The van der Waals surface area contributed by atoms with Crippen LogP contribution >= 0.6 is 0 Å². The van der Waals surface area contributed by atoms with Crippen molar-refractivity contribution in [2.24, 2.45) is 0 Å². The monoisotopic (exact) mass is 111 g/mol. The van der Waals surface area contributed by atoms with E-state index in [4.69, 9.17) is 0 Å². The minimum Gasteiger partial charge on any atom is -1.00 e. The van der Waals surface area contributed by atoms with Crippen molar-refractivity contribution in [1.29, 1.82) is 0 Å². The van der Waals surface area contributed by atoms with Gasteiger partial charge in [-0.15, -0.1) is 0 Å². The fourth-order valence-corrected chi connectivity index (χ4v) is 0. The number of hydrogen-bond acceptors (Lipinski definition) is 0. The van der Waals surface area contributed by atoms with E-state index in [0.29, 0.717) is 0 Å². The summed E-state index contributed by atoms with van der Waals surface area (Å²) in [6.07, 6.45) is 1.25. The molecule has 0 fully saturated rings. The highest BCUT2D eigenvalue weighted by Gasteiger charge is 1.35. The standard InChI is InChI=1S/C3H8.CH5N.ClH/c1-3-2;1-2;/h3H2,1-2H3;2H2,1H3;1H. The maximum Gasteiger partial charge on any atom is 0.0634 e. The molecule has 0 unspecified atom stereocenters. The molecule has 0 aromatic carbocycles. The quantitative estimate of drug-likeness (QED) is 0.352. The summed E-state index contributed by atoms with van der Waals surface area (Å²) in [4.78, 5) is 0. The van der Waals surface area contributed by atoms with E-state index in [1.165, 1.54) is 6.42 Å². The summed E-state index contributed by atoms with van der Waals surface area (Å²) in [5, 5.41) is 0. The Hall–Kier alpha value is 0.250. The van der Waals surface area contributed by atoms with Crippen LogP contribution in [0.2, 0.25) is 0 Å². The fraction of sp³-hybridized carbons (Fsp3) is 1.00. The van der Waals surface area contributed by atoms with E-state index < -0.39 is 0 Å². The first-order valence-electron chi connectivity index (χ1n) is 2.12. The molecular formula is C4H14ClN. The van der Waals surface area contributed by atoms with Gasteiger partial charge in [-0.05, 0) is 0 Å². The number of hydrogen-bond donors (Lipinski definition) is 1. The Bertz CT molecular complexity index is 7.51. The Kier molecular flexibility index (Phi) is 165. The van der Waals surface area contributed by atoms with Gasteiger partial charge in [0.15, 0.2) is 0 Å². The van der Waals surface area contributed by atoms with Gasteiger partial charge in [0.25, 0.3) is 0 Å². The molecular weight excluding hydrogens is 97.5 g/mol. The number of quaternary nitrogens is 1. The first kappa shape index (κ1) is 16.3. The lowest BCUT2D eigenvalue weighted by molar-refractivity contribution is -0.325. The van der Waals surface area contributed by atoms with Crippen LogP contribution in [-0.4, -0.2) is 7.05 Å². The van der Waals surface area contributed by atoms with Crippen LogP contribution in [0.15, 0.2) is 0 Å². The molecule has 2 heteroatoms. The summed E-state index contributed by atoms with van der Waals surface area (Å²) in [6.45, 7) is 4.25. The van der Waals surface area contributed by atoms with Gasteiger partial charge >= 0.3 is 0 Å². The third-order valence-electron chi connectivity index (χ3n) is 0. The zero-order chi connectivity index (χ0) is 4.71. The molecule has 0 bridgehead atoms. The molecule has 0 saturated heterocycles. The molecule has 0 aliphatic heterocycles. The van der Waals surface area contributed by atoms with Gasteiger partial charge in [0.1, 0.15) is 0 Å². The molecule has 0 heterocycles. The summed E-state index contributed by atoms with van der Waals surface area (Å²) in [7, 11) is 1.75. The van der Waals surface area contributed by atoms with E-state index in [9.17, 15) is 0 Å². The predicted octanol–water partition coefficient (Wildman–Crippen LogP) is -2.72. The van der Waals surface area contributed by atoms with Crippen LogP contribution in [0.4, 0.5) is 0 Å². The van der Waals surface area contributed by atoms with Crippen molar-refractivity contribution < 1.29 is 18.1 Å². The van der Waals surface area contributed by atoms with Gasteiger partial charge in [-0.2, -0.15) is 0 Å². The van der Waals surface area contributed by atoms with E-state index in [0.717, 1.165) is 0 Å². The normalized spacial score (nSPS) is 4.00. The van der Waals surface area contributed by atoms with Crippen molar-refractivity contribution in [1.82, 2.24) is 0 Å². The summed E-state index contributed by atoms with van der Waals surface area (Å²) < 4.78 is 0. The minimum absolute atomic E-state index is 0. The van der Waals surface area contributed by atoms with E-state index >= 15 is 0 Å². The fourth-order valence-electron chi connectivity index (χ4n) is 0. The lowest BCUT2D eigenvalue weighted by Crippen LogP contribution is -3.00. The van der Waals surface area contributed by atoms with Crippen molar-refractivity contribution >= 4 is 0 Å². The highest BCUT2D eigenvalue weighted by Crippen LogP contribution is 1.56. The Morgan fingerprint density at radius 2 is 1.17 bits per heavy atom. The molecule has 0 aliphatic rings. The molecule has 0 aliphatic carbocycles. The second kappa shape index (κ2) is 60.7. The second-order valence-electron chi connectivity index (χ2n) is 0.707. The maximum absolute atomic E-state index is 3.25. The lowest BCUT2D eigenvalue weighted by atomic mass is 10.6. The Morgan fingerprint density at radius 1 is 1.17 bits per heavy atom. The Labute approximate surface area is 46.3 Å². The van der Waals surface area contributed by atoms with Crippen LogP contribution < -0.4 is 18.1 Å². The number of halogens is 1. The molecule has 0 spiro atoms. The predicted molar refractivity (Wildman–Crippen MR) is 24.8 cm³/mol. The molecule has 1 nitrogen and oxygen atoms in total. The summed E-state index contributed by atoms with van der Waals surface area (Å²) >= 11 is 0. The molecule has 42 valence electrons. The molecule has 0 aromatic heterocycles. The van der Waals surface area contributed by atoms with Crippen molar-refractivity contribution in [3.05, 3.63) is 0 Å². The van der Waals surface area contributed by atoms with Crippen molar-refractivity contribution in [2.45, 2.75) is 20.3 Å². The van der Waals surface area contributed by atoms with Crippen LogP contribution in [0.1, 0.15) is 20.3 Å². The van der Waals surface area contributed by atoms with Crippen LogP contribution in [0.5, 0.6) is 0 Å². The molecule has 3 N–H and O–H groups in total. The van der Waals surface area contributed by atoms with Crippen molar-refractivity contribution in [2.75, 3.05) is 7.05 Å². The van der Waals surface area contributed by atoms with Gasteiger partial charge in [0.05, 0.1) is 7.05 Å². The molecule has 0 radical (unpaired) electrons. The average molecular weight is 112 g/mol.